The highest BCUT2D eigenvalue weighted by atomic mass is 19.4. The lowest BCUT2D eigenvalue weighted by Gasteiger charge is -2.33. The molecule has 2 atom stereocenters. The van der Waals surface area contributed by atoms with Crippen LogP contribution in [0.2, 0.25) is 0 Å². The van der Waals surface area contributed by atoms with Crippen molar-refractivity contribution in [3.05, 3.63) is 59.4 Å². The lowest BCUT2D eigenvalue weighted by atomic mass is 9.81. The fourth-order valence-corrected chi connectivity index (χ4v) is 5.57. The topological polar surface area (TPSA) is 101 Å². The molecule has 244 valence electrons. The van der Waals surface area contributed by atoms with Crippen molar-refractivity contribution < 1.29 is 44.7 Å². The van der Waals surface area contributed by atoms with Crippen LogP contribution in [0.3, 0.4) is 0 Å². The second kappa shape index (κ2) is 12.5. The molecule has 16 heteroatoms. The van der Waals surface area contributed by atoms with E-state index in [-0.39, 0.29) is 41.5 Å². The van der Waals surface area contributed by atoms with Gasteiger partial charge in [-0.15, -0.1) is 0 Å². The second-order valence-corrected chi connectivity index (χ2v) is 11.7. The van der Waals surface area contributed by atoms with E-state index >= 15 is 0 Å². The highest BCUT2D eigenvalue weighted by Gasteiger charge is 2.40. The molecule has 8 nitrogen and oxygen atoms in total. The number of rotatable bonds is 10. The SMILES string of the molecule is O=C(CCC(F)(F)F)N[C@H](c1ccn2cc([C@@H](NC(=O)c3ccnc(CC(F)(F)F)c3)C3CCC(F)(F)CC3)nc2n1)C1CC1. The molecule has 0 radical (unpaired) electrons. The van der Waals surface area contributed by atoms with Gasteiger partial charge in [-0.05, 0) is 55.7 Å². The van der Waals surface area contributed by atoms with E-state index in [1.807, 2.05) is 0 Å². The van der Waals surface area contributed by atoms with E-state index in [4.69, 9.17) is 0 Å². The Balaban J connectivity index is 1.39. The van der Waals surface area contributed by atoms with E-state index in [2.05, 4.69) is 25.6 Å². The molecule has 2 fully saturated rings. The zero-order chi connectivity index (χ0) is 32.6. The second-order valence-electron chi connectivity index (χ2n) is 11.7. The molecule has 0 spiro atoms. The van der Waals surface area contributed by atoms with Gasteiger partial charge in [-0.2, -0.15) is 26.3 Å². The number of aromatic nitrogens is 4. The molecular formula is C29H30F8N6O2. The van der Waals surface area contributed by atoms with Gasteiger partial charge >= 0.3 is 12.4 Å². The van der Waals surface area contributed by atoms with Crippen molar-refractivity contribution in [1.82, 2.24) is 30.0 Å². The van der Waals surface area contributed by atoms with Crippen LogP contribution < -0.4 is 10.6 Å². The van der Waals surface area contributed by atoms with E-state index in [0.29, 0.717) is 5.69 Å². The highest BCUT2D eigenvalue weighted by molar-refractivity contribution is 5.94. The minimum absolute atomic E-state index is 0.0113. The third kappa shape index (κ3) is 8.87. The number of nitrogens with one attached hydrogen (secondary N) is 2. The summed E-state index contributed by atoms with van der Waals surface area (Å²) < 4.78 is 106. The molecule has 3 aromatic heterocycles. The van der Waals surface area contributed by atoms with Gasteiger partial charge in [0.15, 0.2) is 0 Å². The summed E-state index contributed by atoms with van der Waals surface area (Å²) in [6, 6.07) is 2.34. The van der Waals surface area contributed by atoms with Crippen molar-refractivity contribution in [3.8, 4) is 0 Å². The first-order valence-electron chi connectivity index (χ1n) is 14.5. The van der Waals surface area contributed by atoms with Crippen LogP contribution in [0.5, 0.6) is 0 Å². The number of carbonyl (C=O) groups is 2. The Labute approximate surface area is 252 Å². The van der Waals surface area contributed by atoms with E-state index in [1.54, 1.807) is 18.5 Å². The van der Waals surface area contributed by atoms with Crippen molar-refractivity contribution in [2.45, 2.75) is 88.1 Å². The first kappa shape index (κ1) is 32.5. The van der Waals surface area contributed by atoms with Crippen LogP contribution in [-0.4, -0.2) is 49.4 Å². The Morgan fingerprint density at radius 3 is 2.20 bits per heavy atom. The van der Waals surface area contributed by atoms with Crippen LogP contribution >= 0.6 is 0 Å². The summed E-state index contributed by atoms with van der Waals surface area (Å²) in [5, 5.41) is 5.41. The Kier molecular flexibility index (Phi) is 9.04. The average molecular weight is 647 g/mol. The molecule has 2 aliphatic rings. The predicted molar refractivity (Wildman–Crippen MR) is 143 cm³/mol. The zero-order valence-electron chi connectivity index (χ0n) is 23.8. The van der Waals surface area contributed by atoms with Gasteiger partial charge in [0.25, 0.3) is 5.91 Å². The number of nitrogens with zero attached hydrogens (tertiary/aromatic N) is 4. The molecule has 2 aliphatic carbocycles. The smallest absolute Gasteiger partial charge is 0.347 e. The summed E-state index contributed by atoms with van der Waals surface area (Å²) in [4.78, 5) is 38.3. The van der Waals surface area contributed by atoms with Gasteiger partial charge in [-0.25, -0.2) is 18.7 Å². The van der Waals surface area contributed by atoms with E-state index in [0.717, 1.165) is 25.1 Å². The van der Waals surface area contributed by atoms with Crippen molar-refractivity contribution in [1.29, 1.82) is 0 Å². The summed E-state index contributed by atoms with van der Waals surface area (Å²) in [5.41, 5.74) is 0.219. The van der Waals surface area contributed by atoms with Crippen LogP contribution in [-0.2, 0) is 11.2 Å². The third-order valence-corrected chi connectivity index (χ3v) is 8.03. The standard InChI is InChI=1S/C29H30F8N6O2/c30-27(31)8-3-17(4-9-27)24(42-25(45)18-6-11-38-19(13-18)14-29(35,36)37)21-15-43-12-7-20(39-26(43)40-21)23(16-1-2-16)41-22(44)5-10-28(32,33)34/h6-7,11-13,15-17,23-24H,1-5,8-10,14H2,(H,41,44)(H,42,45)/t23-,24-/m0/s1. The molecule has 0 aromatic carbocycles. The van der Waals surface area contributed by atoms with Crippen LogP contribution in [0.15, 0.2) is 36.8 Å². The summed E-state index contributed by atoms with van der Waals surface area (Å²) in [5.74, 6) is -4.69. The quantitative estimate of drug-likeness (QED) is 0.247. The molecule has 0 bridgehead atoms. The van der Waals surface area contributed by atoms with Gasteiger partial charge in [0.2, 0.25) is 17.6 Å². The fraction of sp³-hybridized carbons (Fsp3) is 0.552. The summed E-state index contributed by atoms with van der Waals surface area (Å²) in [7, 11) is 0. The number of hydrogen-bond donors (Lipinski definition) is 2. The molecule has 0 aliphatic heterocycles. The molecule has 2 N–H and O–H groups in total. The molecule has 3 aromatic rings. The van der Waals surface area contributed by atoms with Gasteiger partial charge in [0.05, 0.1) is 42.0 Å². The minimum Gasteiger partial charge on any atom is -0.347 e. The first-order valence-corrected chi connectivity index (χ1v) is 14.5. The molecule has 0 saturated heterocycles. The summed E-state index contributed by atoms with van der Waals surface area (Å²) in [6.45, 7) is 0. The zero-order valence-corrected chi connectivity index (χ0v) is 23.8. The summed E-state index contributed by atoms with van der Waals surface area (Å²) in [6.07, 6.45) is -7.33. The Hall–Kier alpha value is -3.85. The maximum Gasteiger partial charge on any atom is 0.394 e. The van der Waals surface area contributed by atoms with Gasteiger partial charge in [-0.3, -0.25) is 19.0 Å². The molecule has 45 heavy (non-hydrogen) atoms. The Bertz CT molecular complexity index is 1520. The highest BCUT2D eigenvalue weighted by Crippen LogP contribution is 2.42. The van der Waals surface area contributed by atoms with Gasteiger partial charge in [-0.1, -0.05) is 0 Å². The lowest BCUT2D eigenvalue weighted by Crippen LogP contribution is -2.37. The largest absolute Gasteiger partial charge is 0.394 e. The van der Waals surface area contributed by atoms with Crippen LogP contribution in [0.25, 0.3) is 5.78 Å². The number of fused-ring (bicyclic) bond motifs is 1. The number of pyridine rings is 1. The van der Waals surface area contributed by atoms with Crippen LogP contribution in [0.4, 0.5) is 35.1 Å². The van der Waals surface area contributed by atoms with E-state index in [9.17, 15) is 44.7 Å². The number of alkyl halides is 8. The van der Waals surface area contributed by atoms with Crippen molar-refractivity contribution in [2.75, 3.05) is 0 Å². The number of halogens is 8. The number of hydrogen-bond acceptors (Lipinski definition) is 5. The van der Waals surface area contributed by atoms with Crippen molar-refractivity contribution in [3.63, 3.8) is 0 Å². The van der Waals surface area contributed by atoms with Gasteiger partial charge in [0.1, 0.15) is 0 Å². The van der Waals surface area contributed by atoms with Crippen molar-refractivity contribution >= 4 is 17.6 Å². The van der Waals surface area contributed by atoms with Crippen molar-refractivity contribution in [2.24, 2.45) is 11.8 Å². The number of carbonyl (C=O) groups excluding carboxylic acids is 2. The Morgan fingerprint density at radius 1 is 0.911 bits per heavy atom. The molecule has 2 saturated carbocycles. The van der Waals surface area contributed by atoms with Crippen LogP contribution in [0.1, 0.15) is 90.9 Å². The fourth-order valence-electron chi connectivity index (χ4n) is 5.57. The van der Waals surface area contributed by atoms with E-state index < -0.39 is 80.2 Å². The number of amides is 2. The molecule has 0 unspecified atom stereocenters. The maximum atomic E-state index is 14.0. The van der Waals surface area contributed by atoms with Crippen LogP contribution in [0, 0.1) is 11.8 Å². The number of imidazole rings is 1. The monoisotopic (exact) mass is 646 g/mol. The third-order valence-electron chi connectivity index (χ3n) is 8.03. The lowest BCUT2D eigenvalue weighted by molar-refractivity contribution is -0.144. The maximum absolute atomic E-state index is 14.0. The normalized spacial score (nSPS) is 18.8. The molecule has 3 heterocycles. The predicted octanol–water partition coefficient (Wildman–Crippen LogP) is 6.44. The molecular weight excluding hydrogens is 616 g/mol. The first-order chi connectivity index (χ1) is 21.1. The summed E-state index contributed by atoms with van der Waals surface area (Å²) >= 11 is 0. The Morgan fingerprint density at radius 2 is 1.56 bits per heavy atom. The van der Waals surface area contributed by atoms with Gasteiger partial charge in [0, 0.05) is 43.4 Å². The van der Waals surface area contributed by atoms with E-state index in [1.165, 1.54) is 10.5 Å². The van der Waals surface area contributed by atoms with Gasteiger partial charge < -0.3 is 10.6 Å². The average Bonchev–Trinajstić information content (AvgIpc) is 3.70. The minimum atomic E-state index is -4.54. The molecule has 5 rings (SSSR count). The molecule has 2 amide bonds.